The van der Waals surface area contributed by atoms with E-state index >= 15 is 0 Å². The molecule has 0 spiro atoms. The largest absolute Gasteiger partial charge is 0.411 e. The first-order chi connectivity index (χ1) is 15.8. The van der Waals surface area contributed by atoms with Crippen LogP contribution in [0.3, 0.4) is 0 Å². The summed E-state index contributed by atoms with van der Waals surface area (Å²) in [6.45, 7) is 4.27. The van der Waals surface area contributed by atoms with Gasteiger partial charge in [-0.3, -0.25) is 14.9 Å². The molecular weight excluding hydrogens is 464 g/mol. The zero-order valence-corrected chi connectivity index (χ0v) is 19.9. The Morgan fingerprint density at radius 1 is 1.00 bits per heavy atom. The lowest BCUT2D eigenvalue weighted by Gasteiger charge is -2.18. The van der Waals surface area contributed by atoms with Crippen LogP contribution in [-0.4, -0.2) is 53.6 Å². The van der Waals surface area contributed by atoms with E-state index in [9.17, 15) is 18.0 Å². The molecule has 3 rings (SSSR count). The predicted octanol–water partition coefficient (Wildman–Crippen LogP) is 2.74. The third kappa shape index (κ3) is 6.50. The molecule has 3 aromatic rings. The van der Waals surface area contributed by atoms with Gasteiger partial charge >= 0.3 is 0 Å². The highest BCUT2D eigenvalue weighted by atomic mass is 32.2. The van der Waals surface area contributed by atoms with Gasteiger partial charge in [0.2, 0.25) is 27.7 Å². The van der Waals surface area contributed by atoms with E-state index < -0.39 is 21.8 Å². The van der Waals surface area contributed by atoms with Gasteiger partial charge in [-0.1, -0.05) is 62.0 Å². The number of rotatable bonds is 10. The van der Waals surface area contributed by atoms with E-state index in [1.165, 1.54) is 16.4 Å². The fraction of sp³-hybridized carbons (Fsp3) is 0.273. The molecule has 1 N–H and O–H groups in total. The van der Waals surface area contributed by atoms with Crippen molar-refractivity contribution in [2.24, 2.45) is 0 Å². The minimum Gasteiger partial charge on any atom is -0.411 e. The molecule has 0 aliphatic rings. The number of nitrogens with one attached hydrogen (secondary N) is 1. The van der Waals surface area contributed by atoms with E-state index in [1.807, 2.05) is 18.2 Å². The van der Waals surface area contributed by atoms with Crippen molar-refractivity contribution in [3.63, 3.8) is 0 Å². The van der Waals surface area contributed by atoms with Gasteiger partial charge in [0.1, 0.15) is 0 Å². The zero-order valence-electron chi connectivity index (χ0n) is 18.2. The molecule has 0 radical (unpaired) electrons. The summed E-state index contributed by atoms with van der Waals surface area (Å²) in [5.41, 5.74) is 1.26. The summed E-state index contributed by atoms with van der Waals surface area (Å²) in [5.74, 6) is -0.828. The molecule has 1 aromatic heterocycles. The molecule has 0 atom stereocenters. The lowest BCUT2D eigenvalue weighted by Crippen LogP contribution is -2.33. The van der Waals surface area contributed by atoms with Crippen LogP contribution >= 0.6 is 11.8 Å². The number of sulfonamides is 1. The third-order valence-corrected chi connectivity index (χ3v) is 7.51. The Hall–Kier alpha value is -3.02. The molecule has 0 fully saturated rings. The Morgan fingerprint density at radius 3 is 2.42 bits per heavy atom. The summed E-state index contributed by atoms with van der Waals surface area (Å²) in [4.78, 5) is 24.2. The van der Waals surface area contributed by atoms with Crippen molar-refractivity contribution in [2.45, 2.75) is 30.4 Å². The molecule has 0 aliphatic carbocycles. The van der Waals surface area contributed by atoms with Gasteiger partial charge in [0.05, 0.1) is 17.1 Å². The van der Waals surface area contributed by atoms with Crippen molar-refractivity contribution >= 4 is 33.6 Å². The van der Waals surface area contributed by atoms with Crippen LogP contribution in [0.15, 0.2) is 69.1 Å². The van der Waals surface area contributed by atoms with Crippen LogP contribution in [0.4, 0.5) is 0 Å². The van der Waals surface area contributed by atoms with Gasteiger partial charge in [-0.25, -0.2) is 8.42 Å². The average molecular weight is 489 g/mol. The van der Waals surface area contributed by atoms with Crippen molar-refractivity contribution in [2.75, 3.05) is 18.8 Å². The van der Waals surface area contributed by atoms with Crippen molar-refractivity contribution < 1.29 is 22.4 Å². The Kier molecular flexibility index (Phi) is 8.37. The van der Waals surface area contributed by atoms with Gasteiger partial charge in [-0.2, -0.15) is 4.31 Å². The quantitative estimate of drug-likeness (QED) is 0.432. The summed E-state index contributed by atoms with van der Waals surface area (Å²) >= 11 is 0.983. The van der Waals surface area contributed by atoms with Crippen LogP contribution in [0.25, 0.3) is 11.5 Å². The maximum absolute atomic E-state index is 12.7. The predicted molar refractivity (Wildman–Crippen MR) is 124 cm³/mol. The van der Waals surface area contributed by atoms with Crippen molar-refractivity contribution in [3.05, 3.63) is 60.2 Å². The molecule has 9 nitrogen and oxygen atoms in total. The molecule has 0 aliphatic heterocycles. The number of aromatic nitrogens is 2. The first-order valence-electron chi connectivity index (χ1n) is 10.3. The van der Waals surface area contributed by atoms with Crippen LogP contribution in [0.1, 0.15) is 19.4 Å². The first-order valence-corrected chi connectivity index (χ1v) is 12.7. The van der Waals surface area contributed by atoms with E-state index in [4.69, 9.17) is 4.42 Å². The second-order valence-electron chi connectivity index (χ2n) is 6.91. The molecule has 0 saturated heterocycles. The molecule has 1 heterocycles. The number of carbonyl (C=O) groups is 2. The molecule has 0 saturated carbocycles. The Bertz CT molecular complexity index is 1210. The Morgan fingerprint density at radius 2 is 1.73 bits per heavy atom. The third-order valence-electron chi connectivity index (χ3n) is 4.64. The summed E-state index contributed by atoms with van der Waals surface area (Å²) < 4.78 is 32.4. The lowest BCUT2D eigenvalue weighted by atomic mass is 10.1. The van der Waals surface area contributed by atoms with Crippen LogP contribution in [-0.2, 0) is 26.0 Å². The van der Waals surface area contributed by atoms with Gasteiger partial charge in [-0.15, -0.1) is 10.2 Å². The maximum atomic E-state index is 12.7. The first kappa shape index (κ1) is 24.6. The minimum absolute atomic E-state index is 0.0848. The Balaban J connectivity index is 1.60. The van der Waals surface area contributed by atoms with Crippen molar-refractivity contribution in [1.29, 1.82) is 0 Å². The zero-order chi connectivity index (χ0) is 23.8. The number of nitrogens with zero attached hydrogens (tertiary/aromatic N) is 3. The van der Waals surface area contributed by atoms with Gasteiger partial charge < -0.3 is 4.42 Å². The van der Waals surface area contributed by atoms with Crippen LogP contribution < -0.4 is 5.32 Å². The Labute approximate surface area is 196 Å². The standard InChI is InChI=1S/C22H24N4O5S2/c1-3-26(4-2)33(29,30)18-12-8-11-17(14-18)21-24-25-22(31-21)32-15-20(28)23-19(27)13-16-9-6-5-7-10-16/h5-12,14H,3-4,13,15H2,1-2H3,(H,23,27,28). The van der Waals surface area contributed by atoms with E-state index in [1.54, 1.807) is 38.1 Å². The highest BCUT2D eigenvalue weighted by Gasteiger charge is 2.22. The van der Waals surface area contributed by atoms with Crippen LogP contribution in [0.2, 0.25) is 0 Å². The van der Waals surface area contributed by atoms with E-state index in [0.717, 1.165) is 17.3 Å². The van der Waals surface area contributed by atoms with Crippen LogP contribution in [0, 0.1) is 0 Å². The topological polar surface area (TPSA) is 122 Å². The molecule has 0 bridgehead atoms. The second-order valence-corrected chi connectivity index (χ2v) is 9.78. The van der Waals surface area contributed by atoms with Gasteiger partial charge in [0.15, 0.2) is 0 Å². The number of carbonyl (C=O) groups excluding carboxylic acids is 2. The number of hydrogen-bond donors (Lipinski definition) is 1. The molecule has 0 unspecified atom stereocenters. The highest BCUT2D eigenvalue weighted by Crippen LogP contribution is 2.26. The van der Waals surface area contributed by atoms with Crippen molar-refractivity contribution in [1.82, 2.24) is 19.8 Å². The fourth-order valence-electron chi connectivity index (χ4n) is 3.03. The number of benzene rings is 2. The molecule has 2 aromatic carbocycles. The van der Waals surface area contributed by atoms with E-state index in [2.05, 4.69) is 15.5 Å². The number of amides is 2. The van der Waals surface area contributed by atoms with E-state index in [0.29, 0.717) is 18.7 Å². The van der Waals surface area contributed by atoms with Gasteiger partial charge in [-0.05, 0) is 23.8 Å². The molecule has 2 amide bonds. The van der Waals surface area contributed by atoms with Gasteiger partial charge in [0.25, 0.3) is 5.22 Å². The van der Waals surface area contributed by atoms with Crippen LogP contribution in [0.5, 0.6) is 0 Å². The maximum Gasteiger partial charge on any atom is 0.277 e. The highest BCUT2D eigenvalue weighted by molar-refractivity contribution is 7.99. The van der Waals surface area contributed by atoms with E-state index in [-0.39, 0.29) is 28.2 Å². The normalized spacial score (nSPS) is 11.5. The monoisotopic (exact) mass is 488 g/mol. The van der Waals surface area contributed by atoms with Crippen molar-refractivity contribution in [3.8, 4) is 11.5 Å². The smallest absolute Gasteiger partial charge is 0.277 e. The summed E-state index contributed by atoms with van der Waals surface area (Å²) in [7, 11) is -3.63. The average Bonchev–Trinajstić information content (AvgIpc) is 3.28. The molecule has 33 heavy (non-hydrogen) atoms. The molecule has 11 heteroatoms. The van der Waals surface area contributed by atoms with Gasteiger partial charge in [0, 0.05) is 18.7 Å². The summed E-state index contributed by atoms with van der Waals surface area (Å²) in [5, 5.41) is 10.3. The fourth-order valence-corrected chi connectivity index (χ4v) is 5.10. The number of hydrogen-bond acceptors (Lipinski definition) is 8. The number of imide groups is 1. The second kappa shape index (κ2) is 11.2. The molecular formula is C22H24N4O5S2. The minimum atomic E-state index is -3.63. The summed E-state index contributed by atoms with van der Waals surface area (Å²) in [6.07, 6.45) is 0.106. The SMILES string of the molecule is CCN(CC)S(=O)(=O)c1cccc(-c2nnc(SCC(=O)NC(=O)Cc3ccccc3)o2)c1. The lowest BCUT2D eigenvalue weighted by molar-refractivity contribution is -0.128. The number of thioether (sulfide) groups is 1. The molecule has 174 valence electrons. The summed E-state index contributed by atoms with van der Waals surface area (Å²) in [6, 6.07) is 15.4.